The van der Waals surface area contributed by atoms with E-state index >= 15 is 0 Å². The molecule has 0 aromatic heterocycles. The second-order valence-electron chi connectivity index (χ2n) is 6.05. The molecular weight excluding hydrogens is 340 g/mol. The Morgan fingerprint density at radius 2 is 1.72 bits per heavy atom. The largest absolute Gasteiger partial charge is 0.349 e. The van der Waals surface area contributed by atoms with Gasteiger partial charge in [-0.3, -0.25) is 9.59 Å². The molecule has 0 spiro atoms. The first-order valence-electron chi connectivity index (χ1n) is 7.86. The molecule has 0 heterocycles. The van der Waals surface area contributed by atoms with E-state index in [-0.39, 0.29) is 22.4 Å². The van der Waals surface area contributed by atoms with Gasteiger partial charge in [0.25, 0.3) is 11.8 Å². The van der Waals surface area contributed by atoms with E-state index in [0.29, 0.717) is 11.3 Å². The van der Waals surface area contributed by atoms with E-state index in [1.165, 1.54) is 12.1 Å². The molecule has 7 heteroatoms. The van der Waals surface area contributed by atoms with Gasteiger partial charge in [0.2, 0.25) is 0 Å². The van der Waals surface area contributed by atoms with Gasteiger partial charge in [-0.2, -0.15) is 0 Å². The molecule has 130 valence electrons. The number of sulfone groups is 1. The van der Waals surface area contributed by atoms with Crippen molar-refractivity contribution in [2.24, 2.45) is 0 Å². The smallest absolute Gasteiger partial charge is 0.256 e. The SMILES string of the molecule is CS(=O)(=O)c1ccccc1C(=O)Nc1cccc(C(=O)NC2CC2)c1. The van der Waals surface area contributed by atoms with Gasteiger partial charge in [-0.1, -0.05) is 18.2 Å². The van der Waals surface area contributed by atoms with Gasteiger partial charge in [0.1, 0.15) is 0 Å². The Morgan fingerprint density at radius 1 is 1.00 bits per heavy atom. The molecule has 0 bridgehead atoms. The van der Waals surface area contributed by atoms with Crippen molar-refractivity contribution in [1.82, 2.24) is 5.32 Å². The lowest BCUT2D eigenvalue weighted by atomic mass is 10.1. The first kappa shape index (κ1) is 17.2. The summed E-state index contributed by atoms with van der Waals surface area (Å²) in [6.07, 6.45) is 3.04. The van der Waals surface area contributed by atoms with Crippen LogP contribution in [-0.4, -0.2) is 32.5 Å². The van der Waals surface area contributed by atoms with E-state index in [9.17, 15) is 18.0 Å². The second kappa shape index (κ2) is 6.68. The van der Waals surface area contributed by atoms with Crippen LogP contribution in [0.15, 0.2) is 53.4 Å². The molecule has 1 aliphatic carbocycles. The minimum Gasteiger partial charge on any atom is -0.349 e. The van der Waals surface area contributed by atoms with Crippen LogP contribution in [0.2, 0.25) is 0 Å². The Labute approximate surface area is 146 Å². The third-order valence-corrected chi connectivity index (χ3v) is 4.98. The number of anilines is 1. The number of carbonyl (C=O) groups excluding carboxylic acids is 2. The van der Waals surface area contributed by atoms with Crippen LogP contribution in [-0.2, 0) is 9.84 Å². The van der Waals surface area contributed by atoms with Crippen LogP contribution in [0.3, 0.4) is 0 Å². The Morgan fingerprint density at radius 3 is 2.40 bits per heavy atom. The van der Waals surface area contributed by atoms with Crippen molar-refractivity contribution in [3.8, 4) is 0 Å². The average Bonchev–Trinajstić information content (AvgIpc) is 3.38. The Bertz CT molecular complexity index is 934. The van der Waals surface area contributed by atoms with Gasteiger partial charge < -0.3 is 10.6 Å². The van der Waals surface area contributed by atoms with Crippen LogP contribution in [0.25, 0.3) is 0 Å². The lowest BCUT2D eigenvalue weighted by Crippen LogP contribution is -2.25. The molecule has 6 nitrogen and oxygen atoms in total. The molecule has 2 aromatic carbocycles. The Kier molecular flexibility index (Phi) is 4.59. The Balaban J connectivity index is 1.81. The van der Waals surface area contributed by atoms with Crippen molar-refractivity contribution in [3.63, 3.8) is 0 Å². The molecule has 0 radical (unpaired) electrons. The zero-order chi connectivity index (χ0) is 18.0. The first-order valence-corrected chi connectivity index (χ1v) is 9.75. The molecular formula is C18H18N2O4S. The van der Waals surface area contributed by atoms with Crippen molar-refractivity contribution < 1.29 is 18.0 Å². The van der Waals surface area contributed by atoms with E-state index in [4.69, 9.17) is 0 Å². The highest BCUT2D eigenvalue weighted by Gasteiger charge is 2.24. The molecule has 2 amide bonds. The molecule has 0 aliphatic heterocycles. The third kappa shape index (κ3) is 4.24. The lowest BCUT2D eigenvalue weighted by molar-refractivity contribution is 0.0949. The monoisotopic (exact) mass is 358 g/mol. The number of amides is 2. The molecule has 0 saturated heterocycles. The number of benzene rings is 2. The number of hydrogen-bond donors (Lipinski definition) is 2. The van der Waals surface area contributed by atoms with Crippen LogP contribution in [0, 0.1) is 0 Å². The van der Waals surface area contributed by atoms with Crippen molar-refractivity contribution >= 4 is 27.3 Å². The standard InChI is InChI=1S/C18H18N2O4S/c1-25(23,24)16-8-3-2-7-15(16)18(22)20-14-6-4-5-12(11-14)17(21)19-13-9-10-13/h2-8,11,13H,9-10H2,1H3,(H,19,21)(H,20,22). The fourth-order valence-corrected chi connectivity index (χ4v) is 3.30. The van der Waals surface area contributed by atoms with Crippen molar-refractivity contribution in [3.05, 3.63) is 59.7 Å². The minimum atomic E-state index is -3.52. The quantitative estimate of drug-likeness (QED) is 0.857. The normalized spacial score (nSPS) is 14.0. The zero-order valence-corrected chi connectivity index (χ0v) is 14.5. The molecule has 1 fully saturated rings. The van der Waals surface area contributed by atoms with Crippen molar-refractivity contribution in [2.45, 2.75) is 23.8 Å². The highest BCUT2D eigenvalue weighted by atomic mass is 32.2. The second-order valence-corrected chi connectivity index (χ2v) is 8.04. The van der Waals surface area contributed by atoms with Gasteiger partial charge >= 0.3 is 0 Å². The summed E-state index contributed by atoms with van der Waals surface area (Å²) < 4.78 is 23.7. The van der Waals surface area contributed by atoms with E-state index in [2.05, 4.69) is 10.6 Å². The van der Waals surface area contributed by atoms with Gasteiger partial charge in [0.15, 0.2) is 9.84 Å². The highest BCUT2D eigenvalue weighted by Crippen LogP contribution is 2.21. The maximum atomic E-state index is 12.5. The summed E-state index contributed by atoms with van der Waals surface area (Å²) >= 11 is 0. The van der Waals surface area contributed by atoms with Crippen LogP contribution < -0.4 is 10.6 Å². The molecule has 25 heavy (non-hydrogen) atoms. The summed E-state index contributed by atoms with van der Waals surface area (Å²) in [6.45, 7) is 0. The fraction of sp³-hybridized carbons (Fsp3) is 0.222. The summed E-state index contributed by atoms with van der Waals surface area (Å²) in [5.74, 6) is -0.726. The molecule has 0 atom stereocenters. The minimum absolute atomic E-state index is 0.0323. The number of carbonyl (C=O) groups is 2. The molecule has 2 N–H and O–H groups in total. The first-order chi connectivity index (χ1) is 11.8. The van der Waals surface area contributed by atoms with Gasteiger partial charge in [0.05, 0.1) is 10.5 Å². The summed E-state index contributed by atoms with van der Waals surface area (Å²) in [4.78, 5) is 24.5. The predicted molar refractivity (Wildman–Crippen MR) is 94.4 cm³/mol. The van der Waals surface area contributed by atoms with E-state index in [1.54, 1.807) is 36.4 Å². The zero-order valence-electron chi connectivity index (χ0n) is 13.7. The van der Waals surface area contributed by atoms with E-state index in [0.717, 1.165) is 19.1 Å². The van der Waals surface area contributed by atoms with Gasteiger partial charge in [-0.15, -0.1) is 0 Å². The maximum absolute atomic E-state index is 12.5. The molecule has 1 aliphatic rings. The van der Waals surface area contributed by atoms with Crippen molar-refractivity contribution in [1.29, 1.82) is 0 Å². The maximum Gasteiger partial charge on any atom is 0.256 e. The third-order valence-electron chi connectivity index (χ3n) is 3.83. The molecule has 3 rings (SSSR count). The van der Waals surface area contributed by atoms with E-state index in [1.807, 2.05) is 0 Å². The van der Waals surface area contributed by atoms with Gasteiger partial charge in [0, 0.05) is 23.5 Å². The molecule has 2 aromatic rings. The number of nitrogens with one attached hydrogen (secondary N) is 2. The topological polar surface area (TPSA) is 92.3 Å². The summed E-state index contributed by atoms with van der Waals surface area (Å²) in [6, 6.07) is 12.8. The van der Waals surface area contributed by atoms with Gasteiger partial charge in [-0.05, 0) is 43.2 Å². The van der Waals surface area contributed by atoms with E-state index < -0.39 is 15.7 Å². The molecule has 0 unspecified atom stereocenters. The highest BCUT2D eigenvalue weighted by molar-refractivity contribution is 7.90. The number of hydrogen-bond acceptors (Lipinski definition) is 4. The predicted octanol–water partition coefficient (Wildman–Crippen LogP) is 2.23. The van der Waals surface area contributed by atoms with Gasteiger partial charge in [-0.25, -0.2) is 8.42 Å². The summed E-state index contributed by atoms with van der Waals surface area (Å²) in [5, 5.41) is 5.53. The van der Waals surface area contributed by atoms with Crippen molar-refractivity contribution in [2.75, 3.05) is 11.6 Å². The lowest BCUT2D eigenvalue weighted by Gasteiger charge is -2.10. The average molecular weight is 358 g/mol. The van der Waals surface area contributed by atoms with Crippen LogP contribution >= 0.6 is 0 Å². The van der Waals surface area contributed by atoms with Crippen LogP contribution in [0.4, 0.5) is 5.69 Å². The number of rotatable bonds is 5. The molecule has 1 saturated carbocycles. The summed E-state index contributed by atoms with van der Waals surface area (Å²) in [7, 11) is -3.52. The summed E-state index contributed by atoms with van der Waals surface area (Å²) in [5.41, 5.74) is 0.940. The van der Waals surface area contributed by atoms with Crippen LogP contribution in [0.1, 0.15) is 33.6 Å². The fourth-order valence-electron chi connectivity index (χ4n) is 2.41. The Hall–Kier alpha value is -2.67. The van der Waals surface area contributed by atoms with Crippen LogP contribution in [0.5, 0.6) is 0 Å².